The fourth-order valence-electron chi connectivity index (χ4n) is 1.54. The van der Waals surface area contributed by atoms with Crippen molar-refractivity contribution >= 4 is 17.3 Å². The number of nitrogens with zero attached hydrogens (tertiary/aromatic N) is 1. The van der Waals surface area contributed by atoms with Gasteiger partial charge in [-0.05, 0) is 12.5 Å². The number of rotatable bonds is 10. The molecule has 0 saturated carbocycles. The highest BCUT2D eigenvalue weighted by molar-refractivity contribution is 5.74. The zero-order chi connectivity index (χ0) is 15.7. The van der Waals surface area contributed by atoms with E-state index in [-0.39, 0.29) is 18.0 Å². The summed E-state index contributed by atoms with van der Waals surface area (Å²) >= 11 is 0. The van der Waals surface area contributed by atoms with E-state index in [0.29, 0.717) is 25.4 Å². The number of ether oxygens (including phenoxy) is 2. The topological polar surface area (TPSA) is 117 Å². The van der Waals surface area contributed by atoms with Crippen molar-refractivity contribution in [2.45, 2.75) is 13.3 Å². The molecule has 0 bridgehead atoms. The van der Waals surface area contributed by atoms with Gasteiger partial charge < -0.3 is 20.5 Å². The van der Waals surface area contributed by atoms with E-state index in [2.05, 4.69) is 5.32 Å². The highest BCUT2D eigenvalue weighted by Gasteiger charge is 2.15. The number of nitrogens with one attached hydrogen (secondary N) is 1. The molecular formula is C13H19N3O5. The predicted octanol–water partition coefficient (Wildman–Crippen LogP) is 1.30. The van der Waals surface area contributed by atoms with E-state index in [9.17, 15) is 14.9 Å². The van der Waals surface area contributed by atoms with Crippen molar-refractivity contribution in [1.82, 2.24) is 0 Å². The minimum atomic E-state index is -0.527. The second kappa shape index (κ2) is 8.75. The van der Waals surface area contributed by atoms with Crippen LogP contribution in [-0.2, 0) is 9.53 Å². The number of hydrogen-bond donors (Lipinski definition) is 2. The number of benzene rings is 1. The van der Waals surface area contributed by atoms with Crippen LogP contribution in [0.15, 0.2) is 18.2 Å². The van der Waals surface area contributed by atoms with Crippen molar-refractivity contribution in [3.05, 3.63) is 28.3 Å². The van der Waals surface area contributed by atoms with Crippen molar-refractivity contribution in [3.8, 4) is 5.75 Å². The maximum atomic E-state index is 10.9. The summed E-state index contributed by atoms with van der Waals surface area (Å²) in [5.74, 6) is -0.300. The molecule has 0 heterocycles. The molecule has 1 aromatic rings. The number of nitro groups is 1. The number of carbonyl (C=O) groups excluding carboxylic acids is 1. The van der Waals surface area contributed by atoms with Crippen LogP contribution < -0.4 is 15.8 Å². The van der Waals surface area contributed by atoms with E-state index in [1.54, 1.807) is 12.1 Å². The van der Waals surface area contributed by atoms with Gasteiger partial charge in [0.15, 0.2) is 5.75 Å². The molecule has 1 amide bonds. The van der Waals surface area contributed by atoms with Crippen molar-refractivity contribution in [3.63, 3.8) is 0 Å². The number of hydrogen-bond acceptors (Lipinski definition) is 6. The fraction of sp³-hybridized carbons (Fsp3) is 0.462. The number of amides is 1. The first kappa shape index (κ1) is 16.7. The number of anilines is 1. The zero-order valence-electron chi connectivity index (χ0n) is 11.8. The van der Waals surface area contributed by atoms with E-state index in [1.165, 1.54) is 6.07 Å². The van der Waals surface area contributed by atoms with Crippen LogP contribution in [0, 0.1) is 10.1 Å². The quantitative estimate of drug-likeness (QED) is 0.382. The standard InChI is InChI=1S/C13H19N3O5/c1-2-6-21-12-8-10(3-4-11(12)16(18)19)15-5-7-20-9-13(14)17/h3-4,8,15H,2,5-7,9H2,1H3,(H2,14,17). The third kappa shape index (κ3) is 6.09. The highest BCUT2D eigenvalue weighted by Crippen LogP contribution is 2.30. The van der Waals surface area contributed by atoms with Crippen LogP contribution in [-0.4, -0.2) is 37.2 Å². The van der Waals surface area contributed by atoms with Crippen LogP contribution >= 0.6 is 0 Å². The maximum absolute atomic E-state index is 10.9. The van der Waals surface area contributed by atoms with Gasteiger partial charge in [0, 0.05) is 24.4 Å². The van der Waals surface area contributed by atoms with Crippen molar-refractivity contribution in [2.75, 3.05) is 31.7 Å². The normalized spacial score (nSPS) is 10.1. The van der Waals surface area contributed by atoms with Gasteiger partial charge in [-0.15, -0.1) is 0 Å². The maximum Gasteiger partial charge on any atom is 0.311 e. The Morgan fingerprint density at radius 3 is 2.81 bits per heavy atom. The van der Waals surface area contributed by atoms with Gasteiger partial charge in [-0.2, -0.15) is 0 Å². The monoisotopic (exact) mass is 297 g/mol. The third-order valence-electron chi connectivity index (χ3n) is 2.44. The lowest BCUT2D eigenvalue weighted by Gasteiger charge is -2.10. The molecule has 116 valence electrons. The predicted molar refractivity (Wildman–Crippen MR) is 77.4 cm³/mol. The summed E-state index contributed by atoms with van der Waals surface area (Å²) in [7, 11) is 0. The molecule has 0 aliphatic rings. The highest BCUT2D eigenvalue weighted by atomic mass is 16.6. The molecule has 0 atom stereocenters. The summed E-state index contributed by atoms with van der Waals surface area (Å²) in [5, 5.41) is 13.9. The van der Waals surface area contributed by atoms with Gasteiger partial charge >= 0.3 is 5.69 Å². The molecule has 0 spiro atoms. The van der Waals surface area contributed by atoms with Gasteiger partial charge in [0.05, 0.1) is 18.1 Å². The van der Waals surface area contributed by atoms with Crippen LogP contribution in [0.25, 0.3) is 0 Å². The number of nitro benzene ring substituents is 1. The van der Waals surface area contributed by atoms with Crippen LogP contribution in [0.4, 0.5) is 11.4 Å². The van der Waals surface area contributed by atoms with Crippen molar-refractivity contribution < 1.29 is 19.2 Å². The first-order valence-electron chi connectivity index (χ1n) is 6.55. The molecule has 0 aliphatic carbocycles. The summed E-state index contributed by atoms with van der Waals surface area (Å²) in [6.45, 7) is 2.94. The number of nitrogens with two attached hydrogens (primary N) is 1. The molecule has 8 nitrogen and oxygen atoms in total. The van der Waals surface area contributed by atoms with E-state index in [4.69, 9.17) is 15.2 Å². The van der Waals surface area contributed by atoms with Gasteiger partial charge in [0.25, 0.3) is 0 Å². The minimum absolute atomic E-state index is 0.0704. The second-order valence-corrected chi connectivity index (χ2v) is 4.23. The zero-order valence-corrected chi connectivity index (χ0v) is 11.8. The Bertz CT molecular complexity index is 493. The summed E-state index contributed by atoms with van der Waals surface area (Å²) in [6.07, 6.45) is 0.760. The molecule has 3 N–H and O–H groups in total. The van der Waals surface area contributed by atoms with Gasteiger partial charge in [0.2, 0.25) is 5.91 Å². The van der Waals surface area contributed by atoms with Gasteiger partial charge in [-0.3, -0.25) is 14.9 Å². The Morgan fingerprint density at radius 1 is 1.43 bits per heavy atom. The first-order chi connectivity index (χ1) is 10.0. The molecular weight excluding hydrogens is 278 g/mol. The molecule has 0 aromatic heterocycles. The lowest BCUT2D eigenvalue weighted by Crippen LogP contribution is -2.20. The Hall–Kier alpha value is -2.35. The lowest BCUT2D eigenvalue weighted by atomic mass is 10.2. The van der Waals surface area contributed by atoms with Gasteiger partial charge in [-0.1, -0.05) is 6.92 Å². The molecule has 0 unspecified atom stereocenters. The Morgan fingerprint density at radius 2 is 2.19 bits per heavy atom. The van der Waals surface area contributed by atoms with Crippen LogP contribution in [0.3, 0.4) is 0 Å². The average Bonchev–Trinajstić information content (AvgIpc) is 2.44. The van der Waals surface area contributed by atoms with Gasteiger partial charge in [0.1, 0.15) is 6.61 Å². The van der Waals surface area contributed by atoms with Crippen LogP contribution in [0.2, 0.25) is 0 Å². The molecule has 0 aliphatic heterocycles. The molecule has 0 radical (unpaired) electrons. The summed E-state index contributed by atoms with van der Waals surface area (Å²) in [6, 6.07) is 4.55. The number of carbonyl (C=O) groups is 1. The third-order valence-corrected chi connectivity index (χ3v) is 2.44. The largest absolute Gasteiger partial charge is 0.487 e. The Balaban J connectivity index is 2.58. The van der Waals surface area contributed by atoms with Gasteiger partial charge in [-0.25, -0.2) is 0 Å². The summed E-state index contributed by atoms with van der Waals surface area (Å²) in [4.78, 5) is 20.9. The second-order valence-electron chi connectivity index (χ2n) is 4.23. The minimum Gasteiger partial charge on any atom is -0.487 e. The van der Waals surface area contributed by atoms with Crippen LogP contribution in [0.5, 0.6) is 5.75 Å². The van der Waals surface area contributed by atoms with E-state index in [0.717, 1.165) is 6.42 Å². The molecule has 1 rings (SSSR count). The van der Waals surface area contributed by atoms with E-state index >= 15 is 0 Å². The average molecular weight is 297 g/mol. The summed E-state index contributed by atoms with van der Waals surface area (Å²) in [5.41, 5.74) is 5.54. The molecule has 0 fully saturated rings. The smallest absolute Gasteiger partial charge is 0.311 e. The Kier molecular flexibility index (Phi) is 6.96. The first-order valence-corrected chi connectivity index (χ1v) is 6.55. The molecule has 21 heavy (non-hydrogen) atoms. The summed E-state index contributed by atoms with van der Waals surface area (Å²) < 4.78 is 10.4. The number of primary amides is 1. The fourth-order valence-corrected chi connectivity index (χ4v) is 1.54. The van der Waals surface area contributed by atoms with Crippen molar-refractivity contribution in [1.29, 1.82) is 0 Å². The van der Waals surface area contributed by atoms with E-state index < -0.39 is 10.8 Å². The Labute approximate surface area is 122 Å². The van der Waals surface area contributed by atoms with Crippen LogP contribution in [0.1, 0.15) is 13.3 Å². The van der Waals surface area contributed by atoms with Crippen molar-refractivity contribution in [2.24, 2.45) is 5.73 Å². The SMILES string of the molecule is CCCOc1cc(NCCOCC(N)=O)ccc1[N+](=O)[O-]. The van der Waals surface area contributed by atoms with E-state index in [1.807, 2.05) is 6.92 Å². The molecule has 1 aromatic carbocycles. The molecule has 8 heteroatoms. The molecule has 0 saturated heterocycles. The lowest BCUT2D eigenvalue weighted by molar-refractivity contribution is -0.385.